The van der Waals surface area contributed by atoms with Gasteiger partial charge in [0.05, 0.1) is 0 Å². The Bertz CT molecular complexity index is 499. The molecule has 0 amide bonds. The molecule has 1 aromatic carbocycles. The van der Waals surface area contributed by atoms with Gasteiger partial charge in [0, 0.05) is 7.11 Å². The van der Waals surface area contributed by atoms with E-state index in [1.54, 1.807) is 6.08 Å². The highest BCUT2D eigenvalue weighted by Crippen LogP contribution is 2.22. The van der Waals surface area contributed by atoms with Crippen LogP contribution < -0.4 is 0 Å². The highest BCUT2D eigenvalue weighted by atomic mass is 19.1. The number of esters is 1. The summed E-state index contributed by atoms with van der Waals surface area (Å²) in [6, 6.07) is 5.65. The summed E-state index contributed by atoms with van der Waals surface area (Å²) in [6.45, 7) is 0. The number of cyclic esters (lactones) is 1. The second-order valence-electron chi connectivity index (χ2n) is 4.45. The van der Waals surface area contributed by atoms with Gasteiger partial charge in [-0.15, -0.1) is 0 Å². The molecule has 0 spiro atoms. The molecule has 1 saturated heterocycles. The molecular formula is C14H15FO5. The lowest BCUT2D eigenvalue weighted by atomic mass is 10.0. The highest BCUT2D eigenvalue weighted by Gasteiger charge is 2.46. The van der Waals surface area contributed by atoms with Gasteiger partial charge in [0.15, 0.2) is 12.2 Å². The van der Waals surface area contributed by atoms with Gasteiger partial charge in [0.2, 0.25) is 0 Å². The van der Waals surface area contributed by atoms with Gasteiger partial charge in [-0.05, 0) is 17.7 Å². The summed E-state index contributed by atoms with van der Waals surface area (Å²) in [5, 5.41) is 19.7. The summed E-state index contributed by atoms with van der Waals surface area (Å²) >= 11 is 0. The molecule has 1 aliphatic rings. The molecule has 1 fully saturated rings. The molecule has 2 N–H and O–H groups in total. The maximum absolute atomic E-state index is 12.7. The Labute approximate surface area is 115 Å². The van der Waals surface area contributed by atoms with E-state index in [-0.39, 0.29) is 5.82 Å². The van der Waals surface area contributed by atoms with E-state index in [0.717, 1.165) is 0 Å². The number of aliphatic hydroxyl groups is 2. The summed E-state index contributed by atoms with van der Waals surface area (Å²) < 4.78 is 22.4. The Morgan fingerprint density at radius 2 is 2.05 bits per heavy atom. The number of benzene rings is 1. The quantitative estimate of drug-likeness (QED) is 0.787. The number of hydrogen-bond acceptors (Lipinski definition) is 5. The fourth-order valence-corrected chi connectivity index (χ4v) is 1.98. The van der Waals surface area contributed by atoms with Gasteiger partial charge in [-0.3, -0.25) is 0 Å². The Balaban J connectivity index is 2.03. The van der Waals surface area contributed by atoms with E-state index < -0.39 is 30.4 Å². The van der Waals surface area contributed by atoms with E-state index in [1.165, 1.54) is 37.5 Å². The van der Waals surface area contributed by atoms with E-state index in [4.69, 9.17) is 9.47 Å². The monoisotopic (exact) mass is 282 g/mol. The third-order valence-corrected chi connectivity index (χ3v) is 3.08. The first-order chi connectivity index (χ1) is 9.52. The zero-order chi connectivity index (χ0) is 14.7. The minimum Gasteiger partial charge on any atom is -0.454 e. The van der Waals surface area contributed by atoms with Crippen LogP contribution in [0.1, 0.15) is 5.56 Å². The molecule has 0 aliphatic carbocycles. The third-order valence-electron chi connectivity index (χ3n) is 3.08. The average Bonchev–Trinajstić information content (AvgIpc) is 2.72. The lowest BCUT2D eigenvalue weighted by Crippen LogP contribution is -2.38. The molecule has 2 rings (SSSR count). The molecule has 5 nitrogen and oxygen atoms in total. The Morgan fingerprint density at radius 1 is 1.40 bits per heavy atom. The molecule has 6 heteroatoms. The molecule has 0 unspecified atom stereocenters. The molecule has 108 valence electrons. The molecule has 0 bridgehead atoms. The number of ether oxygens (including phenoxy) is 2. The predicted octanol–water partition coefficient (Wildman–Crippen LogP) is 0.501. The molecule has 20 heavy (non-hydrogen) atoms. The first-order valence-electron chi connectivity index (χ1n) is 6.06. The first kappa shape index (κ1) is 14.6. The third kappa shape index (κ3) is 3.04. The summed E-state index contributed by atoms with van der Waals surface area (Å²) in [5.74, 6) is -1.06. The SMILES string of the molecule is CO[C@H]1C(=O)O[C@@H]([C@H](O)/C=C/c2ccc(F)cc2)[C@H]1O. The number of halogens is 1. The summed E-state index contributed by atoms with van der Waals surface area (Å²) in [4.78, 5) is 11.4. The van der Waals surface area contributed by atoms with Crippen LogP contribution in [0.5, 0.6) is 0 Å². The number of carbonyl (C=O) groups is 1. The van der Waals surface area contributed by atoms with Gasteiger partial charge in [0.1, 0.15) is 18.0 Å². The molecule has 0 radical (unpaired) electrons. The molecule has 0 aromatic heterocycles. The van der Waals surface area contributed by atoms with E-state index in [1.807, 2.05) is 0 Å². The predicted molar refractivity (Wildman–Crippen MR) is 68.1 cm³/mol. The van der Waals surface area contributed by atoms with Crippen LogP contribution in [0.25, 0.3) is 6.08 Å². The van der Waals surface area contributed by atoms with Gasteiger partial charge in [-0.25, -0.2) is 9.18 Å². The van der Waals surface area contributed by atoms with Crippen LogP contribution >= 0.6 is 0 Å². The summed E-state index contributed by atoms with van der Waals surface area (Å²) in [5.41, 5.74) is 0.674. The lowest BCUT2D eigenvalue weighted by molar-refractivity contribution is -0.150. The summed E-state index contributed by atoms with van der Waals surface area (Å²) in [6.07, 6.45) is -1.67. The fourth-order valence-electron chi connectivity index (χ4n) is 1.98. The van der Waals surface area contributed by atoms with Gasteiger partial charge in [-0.2, -0.15) is 0 Å². The van der Waals surface area contributed by atoms with Crippen molar-refractivity contribution in [3.8, 4) is 0 Å². The number of carbonyl (C=O) groups excluding carboxylic acids is 1. The van der Waals surface area contributed by atoms with Crippen molar-refractivity contribution in [2.75, 3.05) is 7.11 Å². The van der Waals surface area contributed by atoms with Crippen LogP contribution in [0.3, 0.4) is 0 Å². The fraction of sp³-hybridized carbons (Fsp3) is 0.357. The maximum atomic E-state index is 12.7. The van der Waals surface area contributed by atoms with Gasteiger partial charge in [-0.1, -0.05) is 24.3 Å². The molecule has 1 heterocycles. The van der Waals surface area contributed by atoms with Crippen molar-refractivity contribution >= 4 is 12.0 Å². The van der Waals surface area contributed by atoms with Crippen molar-refractivity contribution in [1.82, 2.24) is 0 Å². The average molecular weight is 282 g/mol. The Kier molecular flexibility index (Phi) is 4.49. The van der Waals surface area contributed by atoms with Crippen LogP contribution in [-0.4, -0.2) is 47.7 Å². The summed E-state index contributed by atoms with van der Waals surface area (Å²) in [7, 11) is 1.28. The first-order valence-corrected chi connectivity index (χ1v) is 6.06. The van der Waals surface area contributed by atoms with Crippen molar-refractivity contribution in [3.63, 3.8) is 0 Å². The Hall–Kier alpha value is -1.76. The topological polar surface area (TPSA) is 76.0 Å². The second kappa shape index (κ2) is 6.13. The standard InChI is InChI=1S/C14H15FO5/c1-19-13-11(17)12(20-14(13)18)10(16)7-4-8-2-5-9(15)6-3-8/h2-7,10-13,16-17H,1H3/b7-4+/t10-,11-,12+,13-/m1/s1. The van der Waals surface area contributed by atoms with Crippen LogP contribution in [0.2, 0.25) is 0 Å². The van der Waals surface area contributed by atoms with Crippen molar-refractivity contribution in [1.29, 1.82) is 0 Å². The van der Waals surface area contributed by atoms with Crippen molar-refractivity contribution < 1.29 is 28.9 Å². The number of hydrogen-bond donors (Lipinski definition) is 2. The van der Waals surface area contributed by atoms with Crippen molar-refractivity contribution in [2.24, 2.45) is 0 Å². The zero-order valence-corrected chi connectivity index (χ0v) is 10.8. The van der Waals surface area contributed by atoms with Crippen LogP contribution in [0.4, 0.5) is 4.39 Å². The maximum Gasteiger partial charge on any atom is 0.338 e. The minimum absolute atomic E-state index is 0.356. The van der Waals surface area contributed by atoms with Gasteiger partial charge < -0.3 is 19.7 Å². The minimum atomic E-state index is -1.24. The van der Waals surface area contributed by atoms with Crippen molar-refractivity contribution in [2.45, 2.75) is 24.4 Å². The molecular weight excluding hydrogens is 267 g/mol. The zero-order valence-electron chi connectivity index (χ0n) is 10.8. The molecule has 4 atom stereocenters. The number of aliphatic hydroxyl groups excluding tert-OH is 2. The lowest BCUT2D eigenvalue weighted by Gasteiger charge is -2.17. The van der Waals surface area contributed by atoms with Gasteiger partial charge in [0.25, 0.3) is 0 Å². The smallest absolute Gasteiger partial charge is 0.338 e. The van der Waals surface area contributed by atoms with E-state index >= 15 is 0 Å². The van der Waals surface area contributed by atoms with Crippen LogP contribution in [0, 0.1) is 5.82 Å². The largest absolute Gasteiger partial charge is 0.454 e. The van der Waals surface area contributed by atoms with E-state index in [2.05, 4.69) is 0 Å². The van der Waals surface area contributed by atoms with Crippen molar-refractivity contribution in [3.05, 3.63) is 41.7 Å². The normalized spacial score (nSPS) is 27.8. The van der Waals surface area contributed by atoms with Gasteiger partial charge >= 0.3 is 5.97 Å². The molecule has 1 aliphatic heterocycles. The number of methoxy groups -OCH3 is 1. The highest BCUT2D eigenvalue weighted by molar-refractivity contribution is 5.78. The number of rotatable bonds is 4. The Morgan fingerprint density at radius 3 is 2.60 bits per heavy atom. The molecule has 0 saturated carbocycles. The van der Waals surface area contributed by atoms with E-state index in [9.17, 15) is 19.4 Å². The van der Waals surface area contributed by atoms with Crippen LogP contribution in [-0.2, 0) is 14.3 Å². The molecule has 1 aromatic rings. The van der Waals surface area contributed by atoms with Crippen LogP contribution in [0.15, 0.2) is 30.3 Å². The van der Waals surface area contributed by atoms with E-state index in [0.29, 0.717) is 5.56 Å². The second-order valence-corrected chi connectivity index (χ2v) is 4.45.